The van der Waals surface area contributed by atoms with Crippen LogP contribution in [0.3, 0.4) is 0 Å². The summed E-state index contributed by atoms with van der Waals surface area (Å²) in [4.78, 5) is 8.56. The number of carbonyl (C=O) groups is 1. The summed E-state index contributed by atoms with van der Waals surface area (Å²) in [5.41, 5.74) is 0. The quantitative estimate of drug-likeness (QED) is 0.499. The maximum atomic E-state index is 8.56. The largest absolute Gasteiger partial charge is 0.503 e. The van der Waals surface area contributed by atoms with Gasteiger partial charge in [0.05, 0.1) is 0 Å². The maximum absolute atomic E-state index is 8.56. The normalized spacial score (nSPS) is 4.00. The van der Waals surface area contributed by atoms with E-state index < -0.39 is 6.16 Å². The van der Waals surface area contributed by atoms with Gasteiger partial charge in [-0.1, -0.05) is 7.43 Å². The van der Waals surface area contributed by atoms with Crippen LogP contribution in [0.25, 0.3) is 0 Å². The van der Waals surface area contributed by atoms with Crippen LogP contribution in [0.15, 0.2) is 0 Å². The van der Waals surface area contributed by atoms with Crippen molar-refractivity contribution in [2.75, 3.05) is 0 Å². The predicted molar refractivity (Wildman–Crippen MR) is 24.6 cm³/mol. The molecule has 0 heterocycles. The van der Waals surface area contributed by atoms with E-state index in [1.54, 1.807) is 0 Å². The summed E-state index contributed by atoms with van der Waals surface area (Å²) in [6, 6.07) is 0. The van der Waals surface area contributed by atoms with Gasteiger partial charge < -0.3 is 10.2 Å². The van der Waals surface area contributed by atoms with Gasteiger partial charge in [-0.25, -0.2) is 4.79 Å². The summed E-state index contributed by atoms with van der Waals surface area (Å²) in [6.07, 6.45) is -1.83. The van der Waals surface area contributed by atoms with Gasteiger partial charge in [-0.15, -0.1) is 12.4 Å². The number of rotatable bonds is 0. The Morgan fingerprint density at radius 2 is 1.33 bits per heavy atom. The first-order valence-electron chi connectivity index (χ1n) is 0.651. The van der Waals surface area contributed by atoms with Crippen LogP contribution in [0.5, 0.6) is 0 Å². The second-order valence-corrected chi connectivity index (χ2v) is 0.283. The van der Waals surface area contributed by atoms with Crippen LogP contribution in [0.4, 0.5) is 4.79 Å². The highest BCUT2D eigenvalue weighted by Crippen LogP contribution is 1.42. The summed E-state index contributed by atoms with van der Waals surface area (Å²) in [5.74, 6) is 0. The van der Waals surface area contributed by atoms with Gasteiger partial charge in [0.2, 0.25) is 0 Å². The molecule has 0 spiro atoms. The zero-order valence-electron chi connectivity index (χ0n) is 2.21. The minimum Gasteiger partial charge on any atom is -0.450 e. The number of hydrogen-bond donors (Lipinski definition) is 2. The van der Waals surface area contributed by atoms with Crippen molar-refractivity contribution in [2.45, 2.75) is 7.43 Å². The standard InChI is InChI=1S/CH2O3.CH4.ClH/c2-1(3)4;;/h(H2,2,3,4);1H4;1H. The molecule has 0 aromatic rings. The molecule has 0 aromatic heterocycles. The minimum absolute atomic E-state index is 0. The highest BCUT2D eigenvalue weighted by atomic mass is 35.5. The third-order valence-electron chi connectivity index (χ3n) is 0. The van der Waals surface area contributed by atoms with Gasteiger partial charge >= 0.3 is 6.16 Å². The molecule has 2 N–H and O–H groups in total. The SMILES string of the molecule is C.Cl.O=C(O)O. The van der Waals surface area contributed by atoms with Gasteiger partial charge in [-0.2, -0.15) is 0 Å². The van der Waals surface area contributed by atoms with Gasteiger partial charge in [-0.3, -0.25) is 0 Å². The second kappa shape index (κ2) is 8.82. The van der Waals surface area contributed by atoms with Gasteiger partial charge in [0.1, 0.15) is 0 Å². The topological polar surface area (TPSA) is 57.5 Å². The molecule has 0 amide bonds. The summed E-state index contributed by atoms with van der Waals surface area (Å²) in [6.45, 7) is 0. The lowest BCUT2D eigenvalue weighted by molar-refractivity contribution is 0.137. The Morgan fingerprint density at radius 1 is 1.33 bits per heavy atom. The lowest BCUT2D eigenvalue weighted by atomic mass is 11.5. The number of halogens is 1. The third-order valence-corrected chi connectivity index (χ3v) is 0. The summed E-state index contributed by atoms with van der Waals surface area (Å²) in [7, 11) is 0. The van der Waals surface area contributed by atoms with Crippen molar-refractivity contribution >= 4 is 18.6 Å². The molecular formula is C2H7ClO3. The van der Waals surface area contributed by atoms with Crippen LogP contribution >= 0.6 is 12.4 Å². The lowest BCUT2D eigenvalue weighted by Crippen LogP contribution is -1.81. The molecule has 0 atom stereocenters. The van der Waals surface area contributed by atoms with Gasteiger partial charge in [-0.05, 0) is 0 Å². The third kappa shape index (κ3) is 121. The molecule has 0 unspecified atom stereocenters. The molecule has 0 aliphatic heterocycles. The minimum atomic E-state index is -1.83. The van der Waals surface area contributed by atoms with E-state index in [2.05, 4.69) is 0 Å². The van der Waals surface area contributed by atoms with E-state index in [1.807, 2.05) is 0 Å². The molecule has 0 aliphatic carbocycles. The van der Waals surface area contributed by atoms with Crippen molar-refractivity contribution in [1.82, 2.24) is 0 Å². The van der Waals surface area contributed by atoms with Crippen LogP contribution in [-0.2, 0) is 0 Å². The fourth-order valence-corrected chi connectivity index (χ4v) is 0. The molecule has 0 aliphatic rings. The molecule has 4 heteroatoms. The molecule has 0 saturated carbocycles. The monoisotopic (exact) mass is 114 g/mol. The Balaban J connectivity index is -0.0000000450. The Kier molecular flexibility index (Phi) is 25.9. The van der Waals surface area contributed by atoms with Crippen LogP contribution in [0.1, 0.15) is 7.43 Å². The van der Waals surface area contributed by atoms with E-state index in [9.17, 15) is 0 Å². The highest BCUT2D eigenvalue weighted by molar-refractivity contribution is 5.85. The Hall–Kier alpha value is -0.440. The fourth-order valence-electron chi connectivity index (χ4n) is 0. The zero-order valence-corrected chi connectivity index (χ0v) is 3.03. The Bertz CT molecular complexity index is 31.8. The molecule has 0 rings (SSSR count). The van der Waals surface area contributed by atoms with Crippen molar-refractivity contribution in [3.8, 4) is 0 Å². The zero-order chi connectivity index (χ0) is 3.58. The molecular weight excluding hydrogens is 107 g/mol. The molecule has 0 fully saturated rings. The van der Waals surface area contributed by atoms with Crippen molar-refractivity contribution in [2.24, 2.45) is 0 Å². The Labute approximate surface area is 42.0 Å². The molecule has 0 aromatic carbocycles. The number of hydrogen-bond acceptors (Lipinski definition) is 1. The van der Waals surface area contributed by atoms with Crippen LogP contribution < -0.4 is 0 Å². The fraction of sp³-hybridized carbons (Fsp3) is 0.500. The molecule has 0 bridgehead atoms. The first kappa shape index (κ1) is 17.6. The predicted octanol–water partition coefficient (Wildman–Crippen LogP) is 1.28. The molecule has 6 heavy (non-hydrogen) atoms. The van der Waals surface area contributed by atoms with Crippen LogP contribution in [0.2, 0.25) is 0 Å². The maximum Gasteiger partial charge on any atom is 0.503 e. The smallest absolute Gasteiger partial charge is 0.450 e. The van der Waals surface area contributed by atoms with Gasteiger partial charge in [0, 0.05) is 0 Å². The average molecular weight is 115 g/mol. The van der Waals surface area contributed by atoms with E-state index in [4.69, 9.17) is 15.0 Å². The van der Waals surface area contributed by atoms with Crippen molar-refractivity contribution in [3.05, 3.63) is 0 Å². The summed E-state index contributed by atoms with van der Waals surface area (Å²) < 4.78 is 0. The van der Waals surface area contributed by atoms with Gasteiger partial charge in [0.15, 0.2) is 0 Å². The summed E-state index contributed by atoms with van der Waals surface area (Å²) in [5, 5.41) is 13.9. The van der Waals surface area contributed by atoms with Crippen molar-refractivity contribution < 1.29 is 15.0 Å². The van der Waals surface area contributed by atoms with Crippen LogP contribution in [-0.4, -0.2) is 16.4 Å². The van der Waals surface area contributed by atoms with Crippen molar-refractivity contribution in [3.63, 3.8) is 0 Å². The molecule has 40 valence electrons. The first-order chi connectivity index (χ1) is 1.73. The van der Waals surface area contributed by atoms with E-state index >= 15 is 0 Å². The van der Waals surface area contributed by atoms with Crippen molar-refractivity contribution in [1.29, 1.82) is 0 Å². The van der Waals surface area contributed by atoms with E-state index in [1.165, 1.54) is 0 Å². The lowest BCUT2D eigenvalue weighted by Gasteiger charge is -1.60. The summed E-state index contributed by atoms with van der Waals surface area (Å²) >= 11 is 0. The molecule has 3 nitrogen and oxygen atoms in total. The highest BCUT2D eigenvalue weighted by Gasteiger charge is 1.70. The van der Waals surface area contributed by atoms with E-state index in [-0.39, 0.29) is 19.8 Å². The Morgan fingerprint density at radius 3 is 1.33 bits per heavy atom. The van der Waals surface area contributed by atoms with Gasteiger partial charge in [0.25, 0.3) is 0 Å². The molecule has 0 saturated heterocycles. The number of carboxylic acid groups (broad SMARTS) is 2. The van der Waals surface area contributed by atoms with E-state index in [0.29, 0.717) is 0 Å². The van der Waals surface area contributed by atoms with E-state index in [0.717, 1.165) is 0 Å². The average Bonchev–Trinajstić information content (AvgIpc) is 0.811. The first-order valence-corrected chi connectivity index (χ1v) is 0.651. The molecule has 0 radical (unpaired) electrons. The van der Waals surface area contributed by atoms with Crippen LogP contribution in [0, 0.1) is 0 Å². The second-order valence-electron chi connectivity index (χ2n) is 0.283.